The molecule has 6 nitrogen and oxygen atoms in total. The van der Waals surface area contributed by atoms with Gasteiger partial charge in [0.2, 0.25) is 5.95 Å². The van der Waals surface area contributed by atoms with E-state index in [1.54, 1.807) is 18.2 Å². The lowest BCUT2D eigenvalue weighted by atomic mass is 9.82. The largest absolute Gasteiger partial charge is 0.369 e. The first-order chi connectivity index (χ1) is 13.0. The van der Waals surface area contributed by atoms with Crippen LogP contribution in [0.1, 0.15) is 33.0 Å². The number of H-pyrrole nitrogens is 1. The Hall–Kier alpha value is -3.38. The van der Waals surface area contributed by atoms with E-state index in [4.69, 9.17) is 17.3 Å². The summed E-state index contributed by atoms with van der Waals surface area (Å²) < 4.78 is 0. The maximum atomic E-state index is 13.2. The van der Waals surface area contributed by atoms with Gasteiger partial charge in [-0.1, -0.05) is 48.0 Å². The van der Waals surface area contributed by atoms with Crippen molar-refractivity contribution in [3.05, 3.63) is 91.7 Å². The third-order valence-electron chi connectivity index (χ3n) is 4.95. The third kappa shape index (κ3) is 2.23. The fraction of sp³-hybridized carbons (Fsp3) is 0.0500. The van der Waals surface area contributed by atoms with Crippen molar-refractivity contribution < 1.29 is 4.79 Å². The molecular formula is C20H13ClN4O2. The van der Waals surface area contributed by atoms with Crippen molar-refractivity contribution in [2.75, 3.05) is 11.1 Å². The number of ketones is 1. The molecule has 1 aliphatic heterocycles. The number of hydrogen-bond donors (Lipinski definition) is 3. The van der Waals surface area contributed by atoms with Crippen molar-refractivity contribution >= 4 is 34.8 Å². The van der Waals surface area contributed by atoms with Crippen LogP contribution < -0.4 is 16.6 Å². The van der Waals surface area contributed by atoms with Gasteiger partial charge in [0, 0.05) is 27.6 Å². The molecule has 0 spiro atoms. The zero-order chi connectivity index (χ0) is 18.7. The van der Waals surface area contributed by atoms with Gasteiger partial charge >= 0.3 is 0 Å². The molecule has 0 fully saturated rings. The molecule has 27 heavy (non-hydrogen) atoms. The second-order valence-corrected chi connectivity index (χ2v) is 6.92. The highest BCUT2D eigenvalue weighted by atomic mass is 35.5. The van der Waals surface area contributed by atoms with Crippen molar-refractivity contribution in [2.45, 2.75) is 5.92 Å². The first-order valence-electron chi connectivity index (χ1n) is 8.35. The number of rotatable bonds is 1. The number of Topliss-reactive ketones (excluding diaryl/α,β-unsaturated/α-hetero) is 1. The number of hydrogen-bond acceptors (Lipinski definition) is 5. The summed E-state index contributed by atoms with van der Waals surface area (Å²) in [6.07, 6.45) is 0. The normalized spacial score (nSPS) is 17.2. The van der Waals surface area contributed by atoms with Crippen LogP contribution in [0.3, 0.4) is 0 Å². The zero-order valence-corrected chi connectivity index (χ0v) is 14.7. The number of nitrogens with zero attached hydrogens (tertiary/aromatic N) is 1. The molecule has 1 atom stereocenters. The molecule has 4 N–H and O–H groups in total. The van der Waals surface area contributed by atoms with Gasteiger partial charge in [-0.05, 0) is 17.7 Å². The van der Waals surface area contributed by atoms with Gasteiger partial charge in [-0.15, -0.1) is 0 Å². The summed E-state index contributed by atoms with van der Waals surface area (Å²) >= 11 is 6.03. The molecule has 7 heteroatoms. The number of nitrogens with one attached hydrogen (secondary N) is 2. The number of anilines is 2. The third-order valence-corrected chi connectivity index (χ3v) is 5.20. The van der Waals surface area contributed by atoms with Gasteiger partial charge in [0.05, 0.1) is 11.3 Å². The van der Waals surface area contributed by atoms with Crippen LogP contribution in [-0.4, -0.2) is 15.8 Å². The van der Waals surface area contributed by atoms with Crippen molar-refractivity contribution in [2.24, 2.45) is 0 Å². The Morgan fingerprint density at radius 2 is 1.70 bits per heavy atom. The van der Waals surface area contributed by atoms with E-state index in [0.29, 0.717) is 33.2 Å². The van der Waals surface area contributed by atoms with Crippen molar-refractivity contribution in [1.29, 1.82) is 0 Å². The van der Waals surface area contributed by atoms with E-state index in [-0.39, 0.29) is 17.3 Å². The number of fused-ring (bicyclic) bond motifs is 3. The minimum absolute atomic E-state index is 0.0164. The van der Waals surface area contributed by atoms with Crippen molar-refractivity contribution in [3.8, 4) is 0 Å². The Morgan fingerprint density at radius 1 is 1.00 bits per heavy atom. The van der Waals surface area contributed by atoms with Crippen LogP contribution in [0.15, 0.2) is 58.9 Å². The van der Waals surface area contributed by atoms with Gasteiger partial charge < -0.3 is 11.1 Å². The SMILES string of the molecule is Nc1nc2c(c(=O)[nH]1)[C@@H](c1ccc(Cl)cc1)C1=C(N2)c2ccccc2C1=O. The van der Waals surface area contributed by atoms with Crippen LogP contribution in [0.5, 0.6) is 0 Å². The lowest BCUT2D eigenvalue weighted by Gasteiger charge is -2.27. The fourth-order valence-corrected chi connectivity index (χ4v) is 3.95. The van der Waals surface area contributed by atoms with Gasteiger partial charge in [-0.2, -0.15) is 4.98 Å². The van der Waals surface area contributed by atoms with E-state index >= 15 is 0 Å². The highest BCUT2D eigenvalue weighted by molar-refractivity contribution is 6.30. The Morgan fingerprint density at radius 3 is 2.44 bits per heavy atom. The average Bonchev–Trinajstić information content (AvgIpc) is 2.93. The molecule has 0 saturated carbocycles. The second-order valence-electron chi connectivity index (χ2n) is 6.49. The molecule has 132 valence electrons. The Balaban J connectivity index is 1.83. The first kappa shape index (κ1) is 15.8. The summed E-state index contributed by atoms with van der Waals surface area (Å²) in [5.41, 5.74) is 9.11. The molecule has 0 radical (unpaired) electrons. The Kier molecular flexibility index (Phi) is 3.26. The van der Waals surface area contributed by atoms with E-state index < -0.39 is 5.92 Å². The molecule has 0 saturated heterocycles. The van der Waals surface area contributed by atoms with Gasteiger partial charge in [-0.25, -0.2) is 0 Å². The number of carbonyl (C=O) groups excluding carboxylic acids is 1. The van der Waals surface area contributed by atoms with Crippen molar-refractivity contribution in [3.63, 3.8) is 0 Å². The Bertz CT molecular complexity index is 1210. The predicted molar refractivity (Wildman–Crippen MR) is 104 cm³/mol. The molecule has 0 unspecified atom stereocenters. The number of aromatic amines is 1. The molecule has 1 aliphatic carbocycles. The van der Waals surface area contributed by atoms with Crippen LogP contribution in [-0.2, 0) is 0 Å². The van der Waals surface area contributed by atoms with E-state index in [9.17, 15) is 9.59 Å². The lowest BCUT2D eigenvalue weighted by molar-refractivity contribution is 0.103. The minimum atomic E-state index is -0.565. The van der Waals surface area contributed by atoms with E-state index in [0.717, 1.165) is 11.1 Å². The smallest absolute Gasteiger partial charge is 0.258 e. The quantitative estimate of drug-likeness (QED) is 0.605. The first-order valence-corrected chi connectivity index (χ1v) is 8.73. The number of allylic oxidation sites excluding steroid dienone is 1. The predicted octanol–water partition coefficient (Wildman–Crippen LogP) is 3.17. The molecule has 0 bridgehead atoms. The second kappa shape index (κ2) is 5.56. The molecule has 1 aromatic heterocycles. The standard InChI is InChI=1S/C20H13ClN4O2/c21-10-7-5-9(6-8-10)13-14-16(11-3-1-2-4-12(11)17(14)26)23-18-15(13)19(27)25-20(22)24-18/h1-8,13H,(H4,22,23,24,25,27)/t13-/m0/s1. The van der Waals surface area contributed by atoms with Crippen LogP contribution in [0.25, 0.3) is 5.70 Å². The summed E-state index contributed by atoms with van der Waals surface area (Å²) in [5, 5.41) is 3.74. The maximum absolute atomic E-state index is 13.2. The van der Waals surface area contributed by atoms with E-state index in [1.165, 1.54) is 0 Å². The lowest BCUT2D eigenvalue weighted by Crippen LogP contribution is -2.28. The maximum Gasteiger partial charge on any atom is 0.258 e. The molecule has 0 amide bonds. The van der Waals surface area contributed by atoms with Crippen LogP contribution >= 0.6 is 11.6 Å². The summed E-state index contributed by atoms with van der Waals surface area (Å²) in [6, 6.07) is 14.5. The number of nitrogens with two attached hydrogens (primary N) is 1. The topological polar surface area (TPSA) is 101 Å². The number of halogens is 1. The molecule has 2 heterocycles. The van der Waals surface area contributed by atoms with Crippen molar-refractivity contribution in [1.82, 2.24) is 9.97 Å². The zero-order valence-electron chi connectivity index (χ0n) is 13.9. The van der Waals surface area contributed by atoms with Gasteiger partial charge in [0.1, 0.15) is 5.82 Å². The van der Waals surface area contributed by atoms with E-state index in [1.807, 2.05) is 30.3 Å². The highest BCUT2D eigenvalue weighted by Gasteiger charge is 2.41. The summed E-state index contributed by atoms with van der Waals surface area (Å²) in [4.78, 5) is 32.7. The molecule has 2 aromatic carbocycles. The number of nitrogen functional groups attached to an aromatic ring is 1. The summed E-state index contributed by atoms with van der Waals surface area (Å²) in [7, 11) is 0. The fourth-order valence-electron chi connectivity index (χ4n) is 3.83. The summed E-state index contributed by atoms with van der Waals surface area (Å²) in [5.74, 6) is -0.289. The molecule has 2 aliphatic rings. The monoisotopic (exact) mass is 376 g/mol. The summed E-state index contributed by atoms with van der Waals surface area (Å²) in [6.45, 7) is 0. The van der Waals surface area contributed by atoms with Gasteiger partial charge in [0.25, 0.3) is 5.56 Å². The molecular weight excluding hydrogens is 364 g/mol. The number of benzene rings is 2. The average molecular weight is 377 g/mol. The molecule has 5 rings (SSSR count). The number of carbonyl (C=O) groups is 1. The van der Waals surface area contributed by atoms with E-state index in [2.05, 4.69) is 15.3 Å². The van der Waals surface area contributed by atoms with Crippen LogP contribution in [0.2, 0.25) is 5.02 Å². The molecule has 3 aromatic rings. The highest BCUT2D eigenvalue weighted by Crippen LogP contribution is 2.47. The minimum Gasteiger partial charge on any atom is -0.369 e. The number of aromatic nitrogens is 2. The van der Waals surface area contributed by atoms with Crippen LogP contribution in [0.4, 0.5) is 11.8 Å². The van der Waals surface area contributed by atoms with Crippen LogP contribution in [0, 0.1) is 0 Å². The Labute approximate surface area is 158 Å². The van der Waals surface area contributed by atoms with Gasteiger partial charge in [-0.3, -0.25) is 14.6 Å². The van der Waals surface area contributed by atoms with Gasteiger partial charge in [0.15, 0.2) is 5.78 Å².